The van der Waals surface area contributed by atoms with Crippen LogP contribution >= 0.6 is 0 Å². The lowest BCUT2D eigenvalue weighted by Gasteiger charge is -2.37. The minimum Gasteiger partial charge on any atom is -0.469 e. The van der Waals surface area contributed by atoms with E-state index in [0.29, 0.717) is 6.42 Å². The first kappa shape index (κ1) is 11.5. The summed E-state index contributed by atoms with van der Waals surface area (Å²) in [5, 5.41) is 3.46. The van der Waals surface area contributed by atoms with E-state index < -0.39 is 0 Å². The van der Waals surface area contributed by atoms with Gasteiger partial charge in [0.1, 0.15) is 0 Å². The van der Waals surface area contributed by atoms with Gasteiger partial charge in [-0.15, -0.1) is 0 Å². The first-order valence-corrected chi connectivity index (χ1v) is 5.54. The Bertz CT molecular complexity index is 180. The molecule has 0 aromatic carbocycles. The van der Waals surface area contributed by atoms with Crippen molar-refractivity contribution in [1.29, 1.82) is 0 Å². The van der Waals surface area contributed by atoms with Gasteiger partial charge in [-0.1, -0.05) is 26.2 Å². The molecule has 3 heteroatoms. The third-order valence-corrected chi connectivity index (χ3v) is 3.07. The average Bonchev–Trinajstić information content (AvgIpc) is 2.19. The van der Waals surface area contributed by atoms with Crippen LogP contribution in [0.3, 0.4) is 0 Å². The van der Waals surface area contributed by atoms with Gasteiger partial charge in [0.05, 0.1) is 13.5 Å². The van der Waals surface area contributed by atoms with Gasteiger partial charge in [0.25, 0.3) is 0 Å². The van der Waals surface area contributed by atoms with E-state index in [1.54, 1.807) is 0 Å². The molecule has 1 N–H and O–H groups in total. The minimum atomic E-state index is -0.0900. The Hall–Kier alpha value is -0.570. The van der Waals surface area contributed by atoms with Crippen LogP contribution in [0.4, 0.5) is 0 Å². The molecular formula is C11H21NO2. The predicted octanol–water partition coefficient (Wildman–Crippen LogP) is 1.86. The molecule has 0 amide bonds. The Morgan fingerprint density at radius 1 is 1.36 bits per heavy atom. The fourth-order valence-corrected chi connectivity index (χ4v) is 2.37. The van der Waals surface area contributed by atoms with Gasteiger partial charge in [-0.25, -0.2) is 0 Å². The van der Waals surface area contributed by atoms with Crippen LogP contribution in [0.1, 0.15) is 45.4 Å². The lowest BCUT2D eigenvalue weighted by Crippen LogP contribution is -2.48. The van der Waals surface area contributed by atoms with Gasteiger partial charge in [0.15, 0.2) is 0 Å². The molecule has 1 aliphatic carbocycles. The van der Waals surface area contributed by atoms with Gasteiger partial charge in [-0.05, 0) is 19.4 Å². The molecular weight excluding hydrogens is 178 g/mol. The second-order valence-electron chi connectivity index (χ2n) is 4.12. The lowest BCUT2D eigenvalue weighted by molar-refractivity contribution is -0.142. The monoisotopic (exact) mass is 199 g/mol. The molecule has 0 aromatic heterocycles. The van der Waals surface area contributed by atoms with E-state index in [2.05, 4.69) is 12.2 Å². The summed E-state index contributed by atoms with van der Waals surface area (Å²) < 4.78 is 4.75. The van der Waals surface area contributed by atoms with Gasteiger partial charge in [-0.2, -0.15) is 0 Å². The van der Waals surface area contributed by atoms with Crippen molar-refractivity contribution in [2.75, 3.05) is 13.7 Å². The molecule has 0 unspecified atom stereocenters. The van der Waals surface area contributed by atoms with Crippen molar-refractivity contribution in [3.8, 4) is 0 Å². The van der Waals surface area contributed by atoms with E-state index in [1.807, 2.05) is 0 Å². The Balaban J connectivity index is 2.55. The highest BCUT2D eigenvalue weighted by atomic mass is 16.5. The fourth-order valence-electron chi connectivity index (χ4n) is 2.37. The molecule has 14 heavy (non-hydrogen) atoms. The number of ether oxygens (including phenoxy) is 1. The number of esters is 1. The lowest BCUT2D eigenvalue weighted by atomic mass is 9.79. The van der Waals surface area contributed by atoms with Crippen molar-refractivity contribution < 1.29 is 9.53 Å². The van der Waals surface area contributed by atoms with Crippen LogP contribution in [-0.4, -0.2) is 25.2 Å². The predicted molar refractivity (Wildman–Crippen MR) is 56.1 cm³/mol. The first-order chi connectivity index (χ1) is 6.72. The van der Waals surface area contributed by atoms with Crippen molar-refractivity contribution in [2.45, 2.75) is 51.0 Å². The van der Waals surface area contributed by atoms with Crippen molar-refractivity contribution in [3.05, 3.63) is 0 Å². The van der Waals surface area contributed by atoms with Crippen LogP contribution in [0.2, 0.25) is 0 Å². The van der Waals surface area contributed by atoms with Gasteiger partial charge in [-0.3, -0.25) is 4.79 Å². The minimum absolute atomic E-state index is 0.0279. The summed E-state index contributed by atoms with van der Waals surface area (Å²) in [6.07, 6.45) is 6.49. The van der Waals surface area contributed by atoms with E-state index in [9.17, 15) is 4.79 Å². The zero-order valence-corrected chi connectivity index (χ0v) is 9.27. The second kappa shape index (κ2) is 5.35. The highest BCUT2D eigenvalue weighted by Gasteiger charge is 2.33. The largest absolute Gasteiger partial charge is 0.469 e. The quantitative estimate of drug-likeness (QED) is 0.702. The maximum atomic E-state index is 11.3. The first-order valence-electron chi connectivity index (χ1n) is 5.54. The highest BCUT2D eigenvalue weighted by Crippen LogP contribution is 2.31. The zero-order chi connectivity index (χ0) is 10.4. The molecule has 0 atom stereocenters. The Morgan fingerprint density at radius 2 is 2.00 bits per heavy atom. The van der Waals surface area contributed by atoms with Crippen molar-refractivity contribution in [2.24, 2.45) is 0 Å². The molecule has 1 fully saturated rings. The standard InChI is InChI=1S/C11H21NO2/c1-3-12-11(9-10(13)14-2)7-5-4-6-8-11/h12H,3-9H2,1-2H3. The number of rotatable bonds is 4. The molecule has 0 radical (unpaired) electrons. The number of hydrogen-bond donors (Lipinski definition) is 1. The number of carbonyl (C=O) groups is 1. The number of methoxy groups -OCH3 is 1. The summed E-state index contributed by atoms with van der Waals surface area (Å²) in [7, 11) is 1.46. The molecule has 0 bridgehead atoms. The summed E-state index contributed by atoms with van der Waals surface area (Å²) in [5.41, 5.74) is 0.0279. The van der Waals surface area contributed by atoms with Crippen LogP contribution < -0.4 is 5.32 Å². The SMILES string of the molecule is CCNC1(CC(=O)OC)CCCCC1. The third kappa shape index (κ3) is 2.98. The number of hydrogen-bond acceptors (Lipinski definition) is 3. The van der Waals surface area contributed by atoms with Crippen molar-refractivity contribution >= 4 is 5.97 Å². The van der Waals surface area contributed by atoms with E-state index in [1.165, 1.54) is 26.4 Å². The number of carbonyl (C=O) groups excluding carboxylic acids is 1. The van der Waals surface area contributed by atoms with Gasteiger partial charge in [0, 0.05) is 5.54 Å². The van der Waals surface area contributed by atoms with Crippen LogP contribution in [0, 0.1) is 0 Å². The van der Waals surface area contributed by atoms with Crippen LogP contribution in [0.25, 0.3) is 0 Å². The van der Waals surface area contributed by atoms with Crippen LogP contribution in [-0.2, 0) is 9.53 Å². The molecule has 1 saturated carbocycles. The number of nitrogens with one attached hydrogen (secondary N) is 1. The van der Waals surface area contributed by atoms with Crippen LogP contribution in [0.5, 0.6) is 0 Å². The molecule has 0 aliphatic heterocycles. The van der Waals surface area contributed by atoms with Gasteiger partial charge < -0.3 is 10.1 Å². The molecule has 0 heterocycles. The zero-order valence-electron chi connectivity index (χ0n) is 9.27. The van der Waals surface area contributed by atoms with E-state index in [0.717, 1.165) is 19.4 Å². The maximum absolute atomic E-state index is 11.3. The van der Waals surface area contributed by atoms with Gasteiger partial charge >= 0.3 is 5.97 Å². The molecule has 3 nitrogen and oxygen atoms in total. The molecule has 0 aromatic rings. The average molecular weight is 199 g/mol. The van der Waals surface area contributed by atoms with E-state index in [-0.39, 0.29) is 11.5 Å². The molecule has 1 aliphatic rings. The Kier molecular flexibility index (Phi) is 4.39. The summed E-state index contributed by atoms with van der Waals surface area (Å²) in [6, 6.07) is 0. The molecule has 0 saturated heterocycles. The summed E-state index contributed by atoms with van der Waals surface area (Å²) in [5.74, 6) is -0.0900. The third-order valence-electron chi connectivity index (χ3n) is 3.07. The van der Waals surface area contributed by atoms with Crippen LogP contribution in [0.15, 0.2) is 0 Å². The molecule has 82 valence electrons. The fraction of sp³-hybridized carbons (Fsp3) is 0.909. The van der Waals surface area contributed by atoms with Gasteiger partial charge in [0.2, 0.25) is 0 Å². The smallest absolute Gasteiger partial charge is 0.307 e. The highest BCUT2D eigenvalue weighted by molar-refractivity contribution is 5.70. The van der Waals surface area contributed by atoms with E-state index in [4.69, 9.17) is 4.74 Å². The normalized spacial score (nSPS) is 20.4. The molecule has 1 rings (SSSR count). The summed E-state index contributed by atoms with van der Waals surface area (Å²) in [6.45, 7) is 3.02. The second-order valence-corrected chi connectivity index (χ2v) is 4.12. The topological polar surface area (TPSA) is 38.3 Å². The maximum Gasteiger partial charge on any atom is 0.307 e. The van der Waals surface area contributed by atoms with Crippen molar-refractivity contribution in [3.63, 3.8) is 0 Å². The Labute approximate surface area is 86.2 Å². The summed E-state index contributed by atoms with van der Waals surface area (Å²) in [4.78, 5) is 11.3. The Morgan fingerprint density at radius 3 is 2.50 bits per heavy atom. The van der Waals surface area contributed by atoms with E-state index >= 15 is 0 Å². The molecule has 0 spiro atoms. The van der Waals surface area contributed by atoms with Crippen molar-refractivity contribution in [1.82, 2.24) is 5.32 Å². The summed E-state index contributed by atoms with van der Waals surface area (Å²) >= 11 is 0.